The maximum absolute atomic E-state index is 11.4. The predicted octanol–water partition coefficient (Wildman–Crippen LogP) is 2.15. The highest BCUT2D eigenvalue weighted by Crippen LogP contribution is 2.34. The molecule has 1 unspecified atom stereocenters. The highest BCUT2D eigenvalue weighted by Gasteiger charge is 2.35. The summed E-state index contributed by atoms with van der Waals surface area (Å²) >= 11 is 0. The molecule has 1 aromatic rings. The first-order valence-corrected chi connectivity index (χ1v) is 7.22. The van der Waals surface area contributed by atoms with Crippen LogP contribution in [-0.2, 0) is 10.3 Å². The second-order valence-corrected chi connectivity index (χ2v) is 5.38. The van der Waals surface area contributed by atoms with Crippen LogP contribution in [0.1, 0.15) is 48.9 Å². The van der Waals surface area contributed by atoms with Crippen molar-refractivity contribution in [1.29, 1.82) is 0 Å². The number of carbonyl (C=O) groups is 1. The van der Waals surface area contributed by atoms with Crippen molar-refractivity contribution >= 4 is 5.97 Å². The fraction of sp³-hybridized carbons (Fsp3) is 0.667. The Kier molecular flexibility index (Phi) is 4.83. The summed E-state index contributed by atoms with van der Waals surface area (Å²) in [7, 11) is 1.31. The molecule has 5 nitrogen and oxygen atoms in total. The second kappa shape index (κ2) is 6.41. The second-order valence-electron chi connectivity index (χ2n) is 5.38. The van der Waals surface area contributed by atoms with Gasteiger partial charge >= 0.3 is 5.97 Å². The van der Waals surface area contributed by atoms with Crippen LogP contribution in [0.3, 0.4) is 0 Å². The number of ether oxygens (including phenoxy) is 1. The molecule has 2 rings (SSSR count). The molecule has 1 aliphatic heterocycles. The molecule has 1 saturated heterocycles. The lowest BCUT2D eigenvalue weighted by Crippen LogP contribution is -2.29. The molecule has 1 aliphatic rings. The summed E-state index contributed by atoms with van der Waals surface area (Å²) in [5.74, 6) is 0.0999. The highest BCUT2D eigenvalue weighted by molar-refractivity contribution is 5.86. The molecule has 0 amide bonds. The van der Waals surface area contributed by atoms with E-state index in [1.807, 2.05) is 0 Å². The van der Waals surface area contributed by atoms with Gasteiger partial charge in [0.2, 0.25) is 5.76 Å². The van der Waals surface area contributed by atoms with E-state index in [1.54, 1.807) is 12.1 Å². The van der Waals surface area contributed by atoms with Crippen molar-refractivity contribution in [2.24, 2.45) is 0 Å². The fourth-order valence-corrected chi connectivity index (χ4v) is 2.76. The summed E-state index contributed by atoms with van der Waals surface area (Å²) < 4.78 is 10.1. The van der Waals surface area contributed by atoms with Crippen LogP contribution >= 0.6 is 0 Å². The summed E-state index contributed by atoms with van der Waals surface area (Å²) in [6.45, 7) is 5.06. The molecule has 1 fully saturated rings. The molecule has 112 valence electrons. The van der Waals surface area contributed by atoms with Gasteiger partial charge in [-0.05, 0) is 50.9 Å². The molecule has 0 aliphatic carbocycles. The van der Waals surface area contributed by atoms with E-state index >= 15 is 0 Å². The van der Waals surface area contributed by atoms with Crippen molar-refractivity contribution in [3.63, 3.8) is 0 Å². The smallest absolute Gasteiger partial charge is 0.373 e. The maximum atomic E-state index is 11.4. The van der Waals surface area contributed by atoms with E-state index in [9.17, 15) is 9.90 Å². The van der Waals surface area contributed by atoms with E-state index < -0.39 is 11.6 Å². The molecule has 1 N–H and O–H groups in total. The van der Waals surface area contributed by atoms with E-state index in [2.05, 4.69) is 16.6 Å². The van der Waals surface area contributed by atoms with E-state index in [-0.39, 0.29) is 5.76 Å². The van der Waals surface area contributed by atoms with Gasteiger partial charge in [-0.25, -0.2) is 4.79 Å². The molecule has 0 saturated carbocycles. The monoisotopic (exact) mass is 281 g/mol. The van der Waals surface area contributed by atoms with E-state index in [4.69, 9.17) is 4.42 Å². The average Bonchev–Trinajstić information content (AvgIpc) is 2.87. The lowest BCUT2D eigenvalue weighted by atomic mass is 9.92. The minimum absolute atomic E-state index is 0.144. The number of carbonyl (C=O) groups excluding carboxylic acids is 1. The Labute approximate surface area is 119 Å². The zero-order valence-electron chi connectivity index (χ0n) is 12.2. The summed E-state index contributed by atoms with van der Waals surface area (Å²) in [5.41, 5.74) is -0.977. The first kappa shape index (κ1) is 15.1. The fourth-order valence-electron chi connectivity index (χ4n) is 2.76. The van der Waals surface area contributed by atoms with Crippen molar-refractivity contribution in [3.05, 3.63) is 23.7 Å². The van der Waals surface area contributed by atoms with Crippen molar-refractivity contribution < 1.29 is 19.1 Å². The third-order valence-electron chi connectivity index (χ3n) is 3.90. The highest BCUT2D eigenvalue weighted by atomic mass is 16.5. The van der Waals surface area contributed by atoms with Crippen LogP contribution in [0.2, 0.25) is 0 Å². The van der Waals surface area contributed by atoms with Gasteiger partial charge in [-0.2, -0.15) is 0 Å². The number of furan rings is 1. The van der Waals surface area contributed by atoms with Gasteiger partial charge in [0.15, 0.2) is 0 Å². The predicted molar refractivity (Wildman–Crippen MR) is 74.5 cm³/mol. The molecule has 5 heteroatoms. The SMILES string of the molecule is CCCN1CCCC(O)(c2ccc(C(=O)OC)o2)CC1. The molecule has 20 heavy (non-hydrogen) atoms. The Bertz CT molecular complexity index is 456. The summed E-state index contributed by atoms with van der Waals surface area (Å²) in [5, 5.41) is 10.8. The number of aliphatic hydroxyl groups is 1. The topological polar surface area (TPSA) is 62.9 Å². The lowest BCUT2D eigenvalue weighted by Gasteiger charge is -2.24. The Morgan fingerprint density at radius 2 is 2.25 bits per heavy atom. The van der Waals surface area contributed by atoms with Crippen LogP contribution in [0.5, 0.6) is 0 Å². The number of esters is 1. The Hall–Kier alpha value is -1.33. The third-order valence-corrected chi connectivity index (χ3v) is 3.90. The largest absolute Gasteiger partial charge is 0.463 e. The van der Waals surface area contributed by atoms with Crippen molar-refractivity contribution in [1.82, 2.24) is 4.90 Å². The molecule has 0 radical (unpaired) electrons. The Balaban J connectivity index is 2.10. The van der Waals surface area contributed by atoms with Crippen LogP contribution in [0, 0.1) is 0 Å². The quantitative estimate of drug-likeness (QED) is 0.857. The average molecular weight is 281 g/mol. The number of likely N-dealkylation sites (tertiary alicyclic amines) is 1. The van der Waals surface area contributed by atoms with E-state index in [1.165, 1.54) is 7.11 Å². The maximum Gasteiger partial charge on any atom is 0.373 e. The summed E-state index contributed by atoms with van der Waals surface area (Å²) in [6.07, 6.45) is 3.32. The summed E-state index contributed by atoms with van der Waals surface area (Å²) in [6, 6.07) is 3.25. The van der Waals surface area contributed by atoms with Gasteiger partial charge in [0.1, 0.15) is 11.4 Å². The van der Waals surface area contributed by atoms with E-state index in [0.717, 1.165) is 32.5 Å². The first-order valence-electron chi connectivity index (χ1n) is 7.22. The molecular formula is C15H23NO4. The number of methoxy groups -OCH3 is 1. The van der Waals surface area contributed by atoms with Crippen LogP contribution in [0.15, 0.2) is 16.5 Å². The standard InChI is InChI=1S/C15H23NO4/c1-3-9-16-10-4-7-15(18,8-11-16)13-6-5-12(20-13)14(17)19-2/h5-6,18H,3-4,7-11H2,1-2H3. The van der Waals surface area contributed by atoms with Crippen molar-refractivity contribution in [3.8, 4) is 0 Å². The van der Waals surface area contributed by atoms with Gasteiger partial charge in [0.05, 0.1) is 7.11 Å². The minimum Gasteiger partial charge on any atom is -0.463 e. The Morgan fingerprint density at radius 3 is 2.95 bits per heavy atom. The molecule has 0 bridgehead atoms. The van der Waals surface area contributed by atoms with Crippen molar-refractivity contribution in [2.45, 2.75) is 38.2 Å². The number of hydrogen-bond donors (Lipinski definition) is 1. The number of nitrogens with zero attached hydrogens (tertiary/aromatic N) is 1. The van der Waals surface area contributed by atoms with Crippen molar-refractivity contribution in [2.75, 3.05) is 26.7 Å². The molecule has 0 spiro atoms. The van der Waals surface area contributed by atoms with Gasteiger partial charge in [0, 0.05) is 6.54 Å². The molecule has 1 aromatic heterocycles. The Morgan fingerprint density at radius 1 is 1.45 bits per heavy atom. The van der Waals surface area contributed by atoms with Crippen LogP contribution < -0.4 is 0 Å². The van der Waals surface area contributed by atoms with Crippen LogP contribution in [-0.4, -0.2) is 42.7 Å². The minimum atomic E-state index is -0.977. The van der Waals surface area contributed by atoms with Gasteiger partial charge in [-0.3, -0.25) is 0 Å². The normalized spacial score (nSPS) is 24.4. The molecule has 1 atom stereocenters. The summed E-state index contributed by atoms with van der Waals surface area (Å²) in [4.78, 5) is 13.8. The zero-order chi connectivity index (χ0) is 14.6. The van der Waals surface area contributed by atoms with Crippen LogP contribution in [0.25, 0.3) is 0 Å². The van der Waals surface area contributed by atoms with Gasteiger partial charge < -0.3 is 19.2 Å². The zero-order valence-corrected chi connectivity index (χ0v) is 12.2. The van der Waals surface area contributed by atoms with Gasteiger partial charge in [-0.1, -0.05) is 6.92 Å². The lowest BCUT2D eigenvalue weighted by molar-refractivity contribution is -0.00109. The molecule has 0 aromatic carbocycles. The third kappa shape index (κ3) is 3.22. The molecule has 2 heterocycles. The van der Waals surface area contributed by atoms with E-state index in [0.29, 0.717) is 18.6 Å². The van der Waals surface area contributed by atoms with Gasteiger partial charge in [0.25, 0.3) is 0 Å². The number of hydrogen-bond acceptors (Lipinski definition) is 5. The molecular weight excluding hydrogens is 258 g/mol. The number of rotatable bonds is 4. The first-order chi connectivity index (χ1) is 9.59. The van der Waals surface area contributed by atoms with Crippen LogP contribution in [0.4, 0.5) is 0 Å². The van der Waals surface area contributed by atoms with Gasteiger partial charge in [-0.15, -0.1) is 0 Å².